The van der Waals surface area contributed by atoms with E-state index in [-0.39, 0.29) is 55.2 Å². The number of benzene rings is 2. The molecule has 3 N–H and O–H groups in total. The van der Waals surface area contributed by atoms with Gasteiger partial charge in [-0.05, 0) is 50.5 Å². The largest absolute Gasteiger partial charge is 0.490 e. The second kappa shape index (κ2) is 11.4. The Labute approximate surface area is 211 Å². The van der Waals surface area contributed by atoms with Gasteiger partial charge in [0, 0.05) is 19.3 Å². The molecule has 0 radical (unpaired) electrons. The van der Waals surface area contributed by atoms with Gasteiger partial charge in [-0.2, -0.15) is 0 Å². The van der Waals surface area contributed by atoms with E-state index in [1.54, 1.807) is 30.1 Å². The number of urea groups is 1. The minimum absolute atomic E-state index is 0.0662. The summed E-state index contributed by atoms with van der Waals surface area (Å²) in [5.74, 6) is 0.172. The highest BCUT2D eigenvalue weighted by atomic mass is 16.5. The maximum atomic E-state index is 13.3. The van der Waals surface area contributed by atoms with E-state index >= 15 is 0 Å². The monoisotopic (exact) mass is 494 g/mol. The van der Waals surface area contributed by atoms with Crippen LogP contribution in [0.4, 0.5) is 10.5 Å². The number of carbonyl (C=O) groups is 3. The van der Waals surface area contributed by atoms with E-state index in [1.807, 2.05) is 44.2 Å². The lowest BCUT2D eigenvalue weighted by molar-refractivity contribution is -0.134. The van der Waals surface area contributed by atoms with Crippen LogP contribution in [-0.4, -0.2) is 61.2 Å². The van der Waals surface area contributed by atoms with E-state index in [1.165, 1.54) is 0 Å². The van der Waals surface area contributed by atoms with Gasteiger partial charge in [0.15, 0.2) is 0 Å². The molecule has 1 fully saturated rings. The molecule has 4 atom stereocenters. The number of nitrogens with one attached hydrogen (secondary N) is 3. The zero-order valence-electron chi connectivity index (χ0n) is 21.0. The van der Waals surface area contributed by atoms with Crippen LogP contribution in [0.1, 0.15) is 55.1 Å². The zero-order chi connectivity index (χ0) is 25.7. The average Bonchev–Trinajstić information content (AvgIpc) is 2.87. The Morgan fingerprint density at radius 1 is 1.14 bits per heavy atom. The number of nitrogens with zero attached hydrogens (tertiary/aromatic N) is 1. The molecule has 2 aliphatic rings. The van der Waals surface area contributed by atoms with E-state index in [4.69, 9.17) is 9.47 Å². The zero-order valence-corrected chi connectivity index (χ0v) is 21.0. The number of amides is 4. The summed E-state index contributed by atoms with van der Waals surface area (Å²) < 4.78 is 12.3. The van der Waals surface area contributed by atoms with Crippen LogP contribution in [0.2, 0.25) is 0 Å². The summed E-state index contributed by atoms with van der Waals surface area (Å²) in [4.78, 5) is 39.6. The van der Waals surface area contributed by atoms with Crippen molar-refractivity contribution in [2.45, 2.75) is 57.4 Å². The molecule has 2 aromatic carbocycles. The number of carbonyl (C=O) groups excluding carboxylic acids is 3. The van der Waals surface area contributed by atoms with Crippen molar-refractivity contribution in [3.63, 3.8) is 0 Å². The summed E-state index contributed by atoms with van der Waals surface area (Å²) in [5.41, 5.74) is 1.95. The Balaban J connectivity index is 1.39. The number of hydrogen-bond donors (Lipinski definition) is 3. The lowest BCUT2D eigenvalue weighted by Crippen LogP contribution is -2.54. The van der Waals surface area contributed by atoms with E-state index in [9.17, 15) is 14.4 Å². The van der Waals surface area contributed by atoms with Crippen LogP contribution in [0, 0.1) is 0 Å². The highest BCUT2D eigenvalue weighted by Crippen LogP contribution is 2.32. The number of hydrogen-bond acceptors (Lipinski definition) is 5. The van der Waals surface area contributed by atoms with Crippen molar-refractivity contribution in [1.29, 1.82) is 0 Å². The molecule has 0 aliphatic carbocycles. The van der Waals surface area contributed by atoms with Gasteiger partial charge >= 0.3 is 6.03 Å². The molecule has 1 saturated heterocycles. The molecule has 2 heterocycles. The number of ether oxygens (including phenoxy) is 2. The molecule has 9 heteroatoms. The molecule has 0 bridgehead atoms. The third-order valence-electron chi connectivity index (χ3n) is 6.70. The van der Waals surface area contributed by atoms with Crippen molar-refractivity contribution in [2.75, 3.05) is 25.5 Å². The lowest BCUT2D eigenvalue weighted by Gasteiger charge is -2.42. The Kier molecular flexibility index (Phi) is 8.10. The molecule has 4 amide bonds. The van der Waals surface area contributed by atoms with Crippen LogP contribution < -0.4 is 20.7 Å². The third kappa shape index (κ3) is 5.96. The second-order valence-corrected chi connectivity index (χ2v) is 9.27. The third-order valence-corrected chi connectivity index (χ3v) is 6.70. The Bertz CT molecular complexity index is 1090. The van der Waals surface area contributed by atoms with Crippen molar-refractivity contribution in [3.8, 4) is 5.75 Å². The van der Waals surface area contributed by atoms with Gasteiger partial charge in [-0.25, -0.2) is 4.79 Å². The van der Waals surface area contributed by atoms with Gasteiger partial charge in [0.05, 0.1) is 30.2 Å². The van der Waals surface area contributed by atoms with Gasteiger partial charge in [0.25, 0.3) is 5.91 Å². The Morgan fingerprint density at radius 2 is 1.92 bits per heavy atom. The van der Waals surface area contributed by atoms with Crippen molar-refractivity contribution in [1.82, 2.24) is 15.5 Å². The molecule has 0 aromatic heterocycles. The smallest absolute Gasteiger partial charge is 0.319 e. The second-order valence-electron chi connectivity index (χ2n) is 9.27. The average molecular weight is 495 g/mol. The number of rotatable bonds is 6. The van der Waals surface area contributed by atoms with Crippen LogP contribution in [0.25, 0.3) is 0 Å². The van der Waals surface area contributed by atoms with E-state index in [2.05, 4.69) is 16.0 Å². The van der Waals surface area contributed by atoms with Gasteiger partial charge in [-0.1, -0.05) is 30.3 Å². The molecule has 0 unspecified atom stereocenters. The summed E-state index contributed by atoms with van der Waals surface area (Å²) >= 11 is 0. The lowest BCUT2D eigenvalue weighted by atomic mass is 9.94. The topological polar surface area (TPSA) is 109 Å². The SMILES string of the molecule is CCNC(=O)Nc1ccc2c(c1)C(=O)N(C)[C@H]1CC[C@@H](CC(=O)N[C@@H](C)c3ccccc3)O[C@H]1CO2. The Morgan fingerprint density at radius 3 is 2.67 bits per heavy atom. The minimum Gasteiger partial charge on any atom is -0.490 e. The molecular formula is C27H34N4O5. The first-order valence-electron chi connectivity index (χ1n) is 12.4. The molecule has 2 aromatic rings. The number of likely N-dealkylation sites (N-methyl/N-ethyl adjacent to an activating group) is 1. The van der Waals surface area contributed by atoms with Gasteiger partial charge < -0.3 is 30.3 Å². The van der Waals surface area contributed by atoms with Crippen molar-refractivity contribution < 1.29 is 23.9 Å². The fraction of sp³-hybridized carbons (Fsp3) is 0.444. The maximum absolute atomic E-state index is 13.3. The predicted octanol–water partition coefficient (Wildman–Crippen LogP) is 3.48. The number of anilines is 1. The van der Waals surface area contributed by atoms with Gasteiger partial charge in [0.2, 0.25) is 5.91 Å². The Hall–Kier alpha value is -3.59. The molecule has 0 saturated carbocycles. The summed E-state index contributed by atoms with van der Waals surface area (Å²) in [7, 11) is 1.76. The van der Waals surface area contributed by atoms with E-state index in [0.717, 1.165) is 5.56 Å². The van der Waals surface area contributed by atoms with Crippen LogP contribution in [0.3, 0.4) is 0 Å². The van der Waals surface area contributed by atoms with Crippen LogP contribution >= 0.6 is 0 Å². The van der Waals surface area contributed by atoms with Crippen molar-refractivity contribution >= 4 is 23.5 Å². The molecular weight excluding hydrogens is 460 g/mol. The standard InChI is InChI=1S/C27H34N4O5/c1-4-28-27(34)30-19-10-13-23-21(14-19)26(33)31(3)22-12-11-20(36-24(22)16-35-23)15-25(32)29-17(2)18-8-6-5-7-9-18/h5-10,13-14,17,20,22,24H,4,11-12,15-16H2,1-3H3,(H,29,32)(H2,28,30,34)/t17-,20-,22-,24-/m0/s1. The first-order chi connectivity index (χ1) is 17.4. The van der Waals surface area contributed by atoms with Crippen LogP contribution in [-0.2, 0) is 9.53 Å². The predicted molar refractivity (Wildman–Crippen MR) is 136 cm³/mol. The maximum Gasteiger partial charge on any atom is 0.319 e. The van der Waals surface area contributed by atoms with E-state index in [0.29, 0.717) is 36.4 Å². The van der Waals surface area contributed by atoms with Crippen molar-refractivity contribution in [3.05, 3.63) is 59.7 Å². The molecule has 36 heavy (non-hydrogen) atoms. The summed E-state index contributed by atoms with van der Waals surface area (Å²) in [6.07, 6.45) is 1.03. The first-order valence-corrected chi connectivity index (χ1v) is 12.4. The molecule has 4 rings (SSSR count). The molecule has 192 valence electrons. The fourth-order valence-corrected chi connectivity index (χ4v) is 4.77. The minimum atomic E-state index is -0.349. The van der Waals surface area contributed by atoms with Gasteiger partial charge in [-0.3, -0.25) is 9.59 Å². The summed E-state index contributed by atoms with van der Waals surface area (Å²) in [6, 6.07) is 14.2. The van der Waals surface area contributed by atoms with Crippen LogP contribution in [0.15, 0.2) is 48.5 Å². The molecule has 2 aliphatic heterocycles. The summed E-state index contributed by atoms with van der Waals surface area (Å²) in [5, 5.41) is 8.44. The van der Waals surface area contributed by atoms with E-state index < -0.39 is 0 Å². The fourth-order valence-electron chi connectivity index (χ4n) is 4.77. The first kappa shape index (κ1) is 25.5. The molecule has 9 nitrogen and oxygen atoms in total. The van der Waals surface area contributed by atoms with Crippen LogP contribution in [0.5, 0.6) is 5.75 Å². The highest BCUT2D eigenvalue weighted by Gasteiger charge is 2.39. The van der Waals surface area contributed by atoms with Gasteiger partial charge in [0.1, 0.15) is 18.5 Å². The van der Waals surface area contributed by atoms with Crippen molar-refractivity contribution in [2.24, 2.45) is 0 Å². The normalized spacial score (nSPS) is 22.1. The van der Waals surface area contributed by atoms with Gasteiger partial charge in [-0.15, -0.1) is 0 Å². The summed E-state index contributed by atoms with van der Waals surface area (Å²) in [6.45, 7) is 4.55. The highest BCUT2D eigenvalue weighted by molar-refractivity contribution is 5.99. The molecule has 0 spiro atoms. The quantitative estimate of drug-likeness (QED) is 0.570. The number of fused-ring (bicyclic) bond motifs is 2.